The summed E-state index contributed by atoms with van der Waals surface area (Å²) in [4.78, 5) is 23.5. The van der Waals surface area contributed by atoms with Crippen LogP contribution in [0.2, 0.25) is 0 Å². The number of halogens is 2. The van der Waals surface area contributed by atoms with Crippen molar-refractivity contribution in [3.63, 3.8) is 0 Å². The fourth-order valence-corrected chi connectivity index (χ4v) is 2.95. The lowest BCUT2D eigenvalue weighted by Crippen LogP contribution is -2.44. The molecule has 2 N–H and O–H groups in total. The Morgan fingerprint density at radius 1 is 1.17 bits per heavy atom. The van der Waals surface area contributed by atoms with Gasteiger partial charge in [0.1, 0.15) is 11.6 Å². The lowest BCUT2D eigenvalue weighted by molar-refractivity contribution is -0.286. The third-order valence-corrected chi connectivity index (χ3v) is 4.10. The number of ether oxygens (including phenoxy) is 3. The van der Waals surface area contributed by atoms with Gasteiger partial charge in [0.05, 0.1) is 0 Å². The minimum atomic E-state index is -3.75. The first kappa shape index (κ1) is 21.4. The number of para-hydroxylation sites is 1. The van der Waals surface area contributed by atoms with Crippen LogP contribution in [-0.4, -0.2) is 35.1 Å². The average molecular weight is 421 g/mol. The zero-order valence-corrected chi connectivity index (χ0v) is 16.6. The lowest BCUT2D eigenvalue weighted by atomic mass is 9.98. The normalized spacial score (nSPS) is 15.4. The Labute approximate surface area is 171 Å². The lowest BCUT2D eigenvalue weighted by Gasteiger charge is -2.22. The van der Waals surface area contributed by atoms with Gasteiger partial charge in [0.2, 0.25) is 0 Å². The molecule has 0 unspecified atom stereocenters. The number of alkyl carbamates (subject to hydrolysis) is 1. The van der Waals surface area contributed by atoms with E-state index in [1.54, 1.807) is 57.2 Å². The summed E-state index contributed by atoms with van der Waals surface area (Å²) >= 11 is 0. The molecule has 7 nitrogen and oxygen atoms in total. The minimum absolute atomic E-state index is 0.0367. The predicted octanol–water partition coefficient (Wildman–Crippen LogP) is 4.20. The summed E-state index contributed by atoms with van der Waals surface area (Å²) in [7, 11) is 0. The van der Waals surface area contributed by atoms with Gasteiger partial charge >= 0.3 is 18.4 Å². The second kappa shape index (κ2) is 7.81. The van der Waals surface area contributed by atoms with E-state index in [0.29, 0.717) is 16.7 Å². The van der Waals surface area contributed by atoms with E-state index in [1.165, 1.54) is 6.07 Å². The largest absolute Gasteiger partial charge is 0.586 e. The number of hydrogen-bond donors (Lipinski definition) is 2. The zero-order valence-electron chi connectivity index (χ0n) is 16.6. The number of nitrogens with one attached hydrogen (secondary N) is 1. The summed E-state index contributed by atoms with van der Waals surface area (Å²) in [5.74, 6) is -1.41. The quantitative estimate of drug-likeness (QED) is 0.752. The molecule has 0 bridgehead atoms. The van der Waals surface area contributed by atoms with Gasteiger partial charge in [-0.2, -0.15) is 0 Å². The third kappa shape index (κ3) is 5.16. The van der Waals surface area contributed by atoms with Gasteiger partial charge in [0.15, 0.2) is 11.5 Å². The summed E-state index contributed by atoms with van der Waals surface area (Å²) in [6.07, 6.45) is -4.63. The maximum atomic E-state index is 13.4. The number of rotatable bonds is 5. The zero-order chi connectivity index (χ0) is 22.1. The van der Waals surface area contributed by atoms with Crippen molar-refractivity contribution in [2.75, 3.05) is 0 Å². The number of carboxylic acids is 1. The number of aliphatic carboxylic acids is 1. The summed E-state index contributed by atoms with van der Waals surface area (Å²) in [5.41, 5.74) is 0.704. The molecule has 3 rings (SSSR count). The fraction of sp³-hybridized carbons (Fsp3) is 0.333. The topological polar surface area (TPSA) is 94.1 Å². The first-order valence-corrected chi connectivity index (χ1v) is 9.14. The molecule has 30 heavy (non-hydrogen) atoms. The van der Waals surface area contributed by atoms with Crippen LogP contribution in [0.3, 0.4) is 0 Å². The van der Waals surface area contributed by atoms with E-state index in [-0.39, 0.29) is 17.9 Å². The Morgan fingerprint density at radius 3 is 2.53 bits per heavy atom. The van der Waals surface area contributed by atoms with Crippen LogP contribution >= 0.6 is 0 Å². The van der Waals surface area contributed by atoms with E-state index in [2.05, 4.69) is 14.8 Å². The second-order valence-electron chi connectivity index (χ2n) is 7.74. The first-order valence-electron chi connectivity index (χ1n) is 9.14. The van der Waals surface area contributed by atoms with E-state index in [0.717, 1.165) is 0 Å². The number of alkyl halides is 2. The van der Waals surface area contributed by atoms with Crippen molar-refractivity contribution in [2.45, 2.75) is 45.1 Å². The highest BCUT2D eigenvalue weighted by atomic mass is 19.3. The van der Waals surface area contributed by atoms with E-state index in [9.17, 15) is 23.5 Å². The number of amides is 1. The minimum Gasteiger partial charge on any atom is -0.480 e. The molecule has 0 spiro atoms. The molecule has 0 saturated carbocycles. The Kier molecular flexibility index (Phi) is 5.56. The molecule has 160 valence electrons. The van der Waals surface area contributed by atoms with Crippen molar-refractivity contribution in [3.05, 3.63) is 48.0 Å². The van der Waals surface area contributed by atoms with Gasteiger partial charge < -0.3 is 24.6 Å². The van der Waals surface area contributed by atoms with Crippen molar-refractivity contribution >= 4 is 12.1 Å². The number of benzene rings is 2. The average Bonchev–Trinajstić information content (AvgIpc) is 2.93. The molecule has 1 heterocycles. The van der Waals surface area contributed by atoms with Crippen LogP contribution in [0.25, 0.3) is 11.1 Å². The Bertz CT molecular complexity index is 970. The maximum Gasteiger partial charge on any atom is 0.586 e. The van der Waals surface area contributed by atoms with E-state index in [4.69, 9.17) is 4.74 Å². The van der Waals surface area contributed by atoms with Crippen LogP contribution in [0.1, 0.15) is 26.3 Å². The molecule has 1 amide bonds. The highest BCUT2D eigenvalue weighted by molar-refractivity contribution is 5.80. The first-order chi connectivity index (χ1) is 13.9. The standard InChI is InChI=1S/C21H21F2NO6/c1-20(2,3)30-19(27)24-15(18(25)26)11-12-6-4-7-13(10-12)14-8-5-9-16-17(14)29-21(22,23)28-16/h4-10,15H,11H2,1-3H3,(H,24,27)(H,25,26)/t15-/m0/s1. The summed E-state index contributed by atoms with van der Waals surface area (Å²) in [6, 6.07) is 9.93. The van der Waals surface area contributed by atoms with E-state index >= 15 is 0 Å². The molecule has 1 aliphatic heterocycles. The predicted molar refractivity (Wildman–Crippen MR) is 103 cm³/mol. The molecule has 0 aromatic heterocycles. The van der Waals surface area contributed by atoms with E-state index < -0.39 is 30.0 Å². The maximum absolute atomic E-state index is 13.4. The molecule has 1 aliphatic rings. The molecule has 2 aromatic carbocycles. The van der Waals surface area contributed by atoms with Gasteiger partial charge in [-0.15, -0.1) is 8.78 Å². The van der Waals surface area contributed by atoms with Crippen molar-refractivity contribution in [2.24, 2.45) is 0 Å². The summed E-state index contributed by atoms with van der Waals surface area (Å²) in [6.45, 7) is 5.00. The van der Waals surface area contributed by atoms with Crippen LogP contribution in [0.4, 0.5) is 13.6 Å². The number of fused-ring (bicyclic) bond motifs is 1. The second-order valence-corrected chi connectivity index (χ2v) is 7.74. The molecular weight excluding hydrogens is 400 g/mol. The molecule has 1 atom stereocenters. The van der Waals surface area contributed by atoms with Crippen molar-refractivity contribution in [1.82, 2.24) is 5.32 Å². The van der Waals surface area contributed by atoms with Crippen LogP contribution < -0.4 is 14.8 Å². The molecule has 0 saturated heterocycles. The molecule has 2 aromatic rings. The number of carbonyl (C=O) groups is 2. The highest BCUT2D eigenvalue weighted by Crippen LogP contribution is 2.47. The molecule has 0 radical (unpaired) electrons. The molecule has 0 aliphatic carbocycles. The van der Waals surface area contributed by atoms with Gasteiger partial charge in [0, 0.05) is 12.0 Å². The fourth-order valence-electron chi connectivity index (χ4n) is 2.95. The number of carboxylic acid groups (broad SMARTS) is 1. The SMILES string of the molecule is CC(C)(C)OC(=O)N[C@@H](Cc1cccc(-c2cccc3c2OC(F)(F)O3)c1)C(=O)O. The van der Waals surface area contributed by atoms with Crippen LogP contribution in [0, 0.1) is 0 Å². The molecule has 0 fully saturated rings. The van der Waals surface area contributed by atoms with Gasteiger partial charge in [-0.1, -0.05) is 36.4 Å². The Balaban J connectivity index is 1.82. The highest BCUT2D eigenvalue weighted by Gasteiger charge is 2.44. The third-order valence-electron chi connectivity index (χ3n) is 4.10. The molecular formula is C21H21F2NO6. The number of carbonyl (C=O) groups excluding carboxylic acids is 1. The van der Waals surface area contributed by atoms with E-state index in [1.807, 2.05) is 0 Å². The Hall–Kier alpha value is -3.36. The summed E-state index contributed by atoms with van der Waals surface area (Å²) in [5, 5.41) is 11.8. The van der Waals surface area contributed by atoms with Gasteiger partial charge in [-0.05, 0) is 38.0 Å². The van der Waals surface area contributed by atoms with Gasteiger partial charge in [-0.25, -0.2) is 9.59 Å². The van der Waals surface area contributed by atoms with Crippen LogP contribution in [0.15, 0.2) is 42.5 Å². The van der Waals surface area contributed by atoms with Crippen LogP contribution in [0.5, 0.6) is 11.5 Å². The molecule has 9 heteroatoms. The smallest absolute Gasteiger partial charge is 0.480 e. The van der Waals surface area contributed by atoms with Crippen molar-refractivity contribution in [1.29, 1.82) is 0 Å². The van der Waals surface area contributed by atoms with Gasteiger partial charge in [0.25, 0.3) is 0 Å². The summed E-state index contributed by atoms with van der Waals surface area (Å²) < 4.78 is 41.1. The van der Waals surface area contributed by atoms with Crippen molar-refractivity contribution < 1.29 is 37.7 Å². The van der Waals surface area contributed by atoms with Crippen molar-refractivity contribution in [3.8, 4) is 22.6 Å². The Morgan fingerprint density at radius 2 is 1.87 bits per heavy atom. The number of hydrogen-bond acceptors (Lipinski definition) is 5. The monoisotopic (exact) mass is 421 g/mol. The van der Waals surface area contributed by atoms with Gasteiger partial charge in [-0.3, -0.25) is 0 Å². The van der Waals surface area contributed by atoms with Crippen LogP contribution in [-0.2, 0) is 16.0 Å².